The van der Waals surface area contributed by atoms with Gasteiger partial charge in [-0.15, -0.1) is 0 Å². The molecule has 4 N–H and O–H groups in total. The minimum absolute atomic E-state index is 0.127. The van der Waals surface area contributed by atoms with Gasteiger partial charge in [-0.1, -0.05) is 48.5 Å². The maximum Gasteiger partial charge on any atom is 0.290 e. The molecule has 3 aromatic rings. The van der Waals surface area contributed by atoms with E-state index >= 15 is 0 Å². The predicted octanol–water partition coefficient (Wildman–Crippen LogP) is 2.54. The van der Waals surface area contributed by atoms with Gasteiger partial charge < -0.3 is 20.7 Å². The van der Waals surface area contributed by atoms with Crippen molar-refractivity contribution in [2.24, 2.45) is 5.73 Å². The van der Waals surface area contributed by atoms with Crippen LogP contribution in [0.1, 0.15) is 23.6 Å². The highest BCUT2D eigenvalue weighted by Crippen LogP contribution is 2.16. The molecule has 0 saturated carbocycles. The Bertz CT molecular complexity index is 904. The van der Waals surface area contributed by atoms with E-state index in [0.29, 0.717) is 18.5 Å². The van der Waals surface area contributed by atoms with Crippen LogP contribution in [0.4, 0.5) is 4.39 Å². The topological polar surface area (TPSA) is 110 Å². The molecule has 1 aromatic heterocycles. The summed E-state index contributed by atoms with van der Waals surface area (Å²) in [6.07, 6.45) is 5.71. The number of nitrogens with one attached hydrogen (secondary N) is 1. The smallest absolute Gasteiger partial charge is 0.290 e. The Balaban J connectivity index is 0.00000101. The molecule has 0 saturated heterocycles. The minimum Gasteiger partial charge on any atom is -0.483 e. The number of benzene rings is 2. The Labute approximate surface area is 174 Å². The van der Waals surface area contributed by atoms with Crippen molar-refractivity contribution in [2.45, 2.75) is 31.5 Å². The number of rotatable bonds is 8. The predicted molar refractivity (Wildman–Crippen MR) is 111 cm³/mol. The van der Waals surface area contributed by atoms with Crippen molar-refractivity contribution in [3.63, 3.8) is 0 Å². The van der Waals surface area contributed by atoms with Gasteiger partial charge in [0.2, 0.25) is 5.91 Å². The summed E-state index contributed by atoms with van der Waals surface area (Å²) in [7, 11) is 0. The Kier molecular flexibility index (Phi) is 9.20. The molecule has 2 atom stereocenters. The number of carbonyl (C=O) groups is 2. The highest BCUT2D eigenvalue weighted by Gasteiger charge is 2.18. The van der Waals surface area contributed by atoms with Crippen molar-refractivity contribution in [3.8, 4) is 0 Å². The quantitative estimate of drug-likeness (QED) is 0.493. The zero-order chi connectivity index (χ0) is 21.8. The lowest BCUT2D eigenvalue weighted by Gasteiger charge is -2.21. The fourth-order valence-electron chi connectivity index (χ4n) is 3.04. The summed E-state index contributed by atoms with van der Waals surface area (Å²) in [6.45, 7) is 0.318. The van der Waals surface area contributed by atoms with Crippen molar-refractivity contribution >= 4 is 12.4 Å². The van der Waals surface area contributed by atoms with Gasteiger partial charge in [0.05, 0.1) is 12.4 Å². The van der Waals surface area contributed by atoms with E-state index in [0.717, 1.165) is 5.56 Å². The number of aromatic nitrogens is 2. The molecule has 0 aliphatic heterocycles. The molecule has 0 fully saturated rings. The van der Waals surface area contributed by atoms with Crippen LogP contribution >= 0.6 is 0 Å². The normalized spacial score (nSPS) is 12.2. The van der Waals surface area contributed by atoms with Gasteiger partial charge in [-0.3, -0.25) is 9.59 Å². The number of carboxylic acid groups (broad SMARTS) is 1. The van der Waals surface area contributed by atoms with Crippen LogP contribution in [0.25, 0.3) is 0 Å². The van der Waals surface area contributed by atoms with Crippen LogP contribution in [0.5, 0.6) is 0 Å². The third kappa shape index (κ3) is 7.48. The van der Waals surface area contributed by atoms with E-state index in [2.05, 4.69) is 10.3 Å². The number of hydrogen-bond acceptors (Lipinski definition) is 4. The van der Waals surface area contributed by atoms with Gasteiger partial charge >= 0.3 is 0 Å². The number of imidazole rings is 1. The summed E-state index contributed by atoms with van der Waals surface area (Å²) in [5.41, 5.74) is 7.61. The number of nitrogens with zero attached hydrogens (tertiary/aromatic N) is 2. The monoisotopic (exact) mass is 412 g/mol. The van der Waals surface area contributed by atoms with Gasteiger partial charge in [0.25, 0.3) is 6.47 Å². The molecule has 0 radical (unpaired) electrons. The molecular formula is C22H25FN4O3. The average Bonchev–Trinajstić information content (AvgIpc) is 3.23. The Morgan fingerprint density at radius 1 is 1.20 bits per heavy atom. The maximum absolute atomic E-state index is 13.8. The van der Waals surface area contributed by atoms with Crippen molar-refractivity contribution in [2.75, 3.05) is 0 Å². The summed E-state index contributed by atoms with van der Waals surface area (Å²) < 4.78 is 15.7. The van der Waals surface area contributed by atoms with E-state index in [1.54, 1.807) is 30.7 Å². The first kappa shape index (κ1) is 22.8. The number of hydrogen-bond donors (Lipinski definition) is 3. The first-order valence-corrected chi connectivity index (χ1v) is 9.40. The summed E-state index contributed by atoms with van der Waals surface area (Å²) in [6, 6.07) is 15.6. The Morgan fingerprint density at radius 2 is 1.87 bits per heavy atom. The lowest BCUT2D eigenvalue weighted by atomic mass is 10.0. The number of carbonyl (C=O) groups excluding carboxylic acids is 1. The third-order valence-electron chi connectivity index (χ3n) is 4.38. The first-order chi connectivity index (χ1) is 14.5. The lowest BCUT2D eigenvalue weighted by Crippen LogP contribution is -2.36. The van der Waals surface area contributed by atoms with Crippen molar-refractivity contribution in [1.82, 2.24) is 14.9 Å². The van der Waals surface area contributed by atoms with Crippen molar-refractivity contribution in [1.29, 1.82) is 0 Å². The zero-order valence-electron chi connectivity index (χ0n) is 16.4. The summed E-state index contributed by atoms with van der Waals surface area (Å²) >= 11 is 0. The molecule has 2 unspecified atom stereocenters. The fraction of sp³-hybridized carbons (Fsp3) is 0.227. The van der Waals surface area contributed by atoms with Gasteiger partial charge in [0.1, 0.15) is 5.82 Å². The van der Waals surface area contributed by atoms with Crippen LogP contribution < -0.4 is 11.1 Å². The molecular weight excluding hydrogens is 387 g/mol. The van der Waals surface area contributed by atoms with E-state index < -0.39 is 6.04 Å². The molecule has 0 aliphatic rings. The second kappa shape index (κ2) is 12.1. The molecule has 0 bridgehead atoms. The van der Waals surface area contributed by atoms with Gasteiger partial charge in [-0.25, -0.2) is 9.37 Å². The van der Waals surface area contributed by atoms with E-state index in [1.165, 1.54) is 6.07 Å². The highest BCUT2D eigenvalue weighted by molar-refractivity contribution is 5.77. The minimum atomic E-state index is -0.452. The van der Waals surface area contributed by atoms with Crippen LogP contribution in [0.3, 0.4) is 0 Å². The van der Waals surface area contributed by atoms with Gasteiger partial charge in [-0.05, 0) is 23.6 Å². The average molecular weight is 412 g/mol. The molecule has 0 aliphatic carbocycles. The van der Waals surface area contributed by atoms with Crippen LogP contribution in [-0.4, -0.2) is 33.1 Å². The largest absolute Gasteiger partial charge is 0.483 e. The second-order valence-corrected chi connectivity index (χ2v) is 6.66. The summed E-state index contributed by atoms with van der Waals surface area (Å²) in [5.74, 6) is -0.455. The number of nitrogens with two attached hydrogens (primary N) is 1. The molecule has 8 heteroatoms. The molecule has 1 amide bonds. The van der Waals surface area contributed by atoms with E-state index in [4.69, 9.17) is 15.6 Å². The maximum atomic E-state index is 13.8. The zero-order valence-corrected chi connectivity index (χ0v) is 16.4. The fourth-order valence-corrected chi connectivity index (χ4v) is 3.04. The first-order valence-electron chi connectivity index (χ1n) is 9.40. The van der Waals surface area contributed by atoms with E-state index in [-0.39, 0.29) is 30.7 Å². The molecule has 7 nitrogen and oxygen atoms in total. The molecule has 1 heterocycles. The van der Waals surface area contributed by atoms with E-state index in [1.807, 2.05) is 41.1 Å². The van der Waals surface area contributed by atoms with Crippen molar-refractivity contribution in [3.05, 3.63) is 90.3 Å². The van der Waals surface area contributed by atoms with Crippen LogP contribution in [0, 0.1) is 5.82 Å². The standard InChI is InChI=1S/C21H23FN4O.CH2O2/c22-19-9-5-4-8-17(19)12-18(23)13-21(27)25-20(14-26-11-10-24-15-26)16-6-2-1-3-7-16;2-1-3/h1-11,15,18,20H,12-14,23H2,(H,25,27);1H,(H,2,3). The second-order valence-electron chi connectivity index (χ2n) is 6.66. The Hall–Kier alpha value is -3.52. The molecule has 2 aromatic carbocycles. The molecule has 158 valence electrons. The summed E-state index contributed by atoms with van der Waals surface area (Å²) in [5, 5.41) is 9.93. The Morgan fingerprint density at radius 3 is 2.50 bits per heavy atom. The highest BCUT2D eigenvalue weighted by atomic mass is 19.1. The SMILES string of the molecule is NC(CC(=O)NC(Cn1ccnc1)c1ccccc1)Cc1ccccc1F.O=CO. The third-order valence-corrected chi connectivity index (χ3v) is 4.38. The number of halogens is 1. The molecule has 0 spiro atoms. The van der Waals surface area contributed by atoms with Gasteiger partial charge in [0, 0.05) is 31.4 Å². The molecule has 3 rings (SSSR count). The van der Waals surface area contributed by atoms with E-state index in [9.17, 15) is 9.18 Å². The van der Waals surface area contributed by atoms with Crippen LogP contribution in [-0.2, 0) is 22.6 Å². The van der Waals surface area contributed by atoms with Gasteiger partial charge in [-0.2, -0.15) is 0 Å². The summed E-state index contributed by atoms with van der Waals surface area (Å²) in [4.78, 5) is 24.9. The van der Waals surface area contributed by atoms with Gasteiger partial charge in [0.15, 0.2) is 0 Å². The number of amides is 1. The lowest BCUT2D eigenvalue weighted by molar-refractivity contribution is -0.123. The van der Waals surface area contributed by atoms with Crippen LogP contribution in [0.15, 0.2) is 73.3 Å². The molecule has 30 heavy (non-hydrogen) atoms. The van der Waals surface area contributed by atoms with Crippen molar-refractivity contribution < 1.29 is 19.1 Å². The van der Waals surface area contributed by atoms with Crippen LogP contribution in [0.2, 0.25) is 0 Å².